The Balaban J connectivity index is -0.000000180. The number of carboxylic acids is 1. The lowest BCUT2D eigenvalue weighted by Crippen LogP contribution is -1.97. The van der Waals surface area contributed by atoms with E-state index in [1.54, 1.807) is 13.0 Å². The molecule has 17 heavy (non-hydrogen) atoms. The monoisotopic (exact) mass is 239 g/mol. The maximum absolute atomic E-state index is 10.1. The molecule has 0 unspecified atom stereocenters. The minimum absolute atomic E-state index is 0.176. The molecule has 0 aromatic rings. The Morgan fingerprint density at radius 1 is 1.47 bits per heavy atom. The molecule has 0 saturated carbocycles. The molecule has 5 heteroatoms. The van der Waals surface area contributed by atoms with E-state index in [9.17, 15) is 9.59 Å². The number of carbonyl (C=O) groups excluding carboxylic acids is 1. The van der Waals surface area contributed by atoms with Crippen molar-refractivity contribution in [2.45, 2.75) is 13.8 Å². The number of allylic oxidation sites excluding steroid dienone is 1. The molecule has 0 rings (SSSR count). The first kappa shape index (κ1) is 20.1. The first-order valence-corrected chi connectivity index (χ1v) is 4.55. The molecule has 94 valence electrons. The van der Waals surface area contributed by atoms with E-state index in [1.807, 2.05) is 0 Å². The Kier molecular flexibility index (Phi) is 19.0. The summed E-state index contributed by atoms with van der Waals surface area (Å²) < 4.78 is 4.43. The number of nitrogens with zero attached hydrogens (tertiary/aromatic N) is 1. The maximum Gasteiger partial charge on any atom is 0.330 e. The number of esters is 1. The molecule has 0 radical (unpaired) electrons. The van der Waals surface area contributed by atoms with Crippen LogP contribution < -0.4 is 0 Å². The Labute approximate surface area is 101 Å². The number of rotatable bonds is 3. The van der Waals surface area contributed by atoms with Gasteiger partial charge in [0, 0.05) is 17.7 Å². The molecule has 0 aromatic heterocycles. The van der Waals surface area contributed by atoms with Crippen molar-refractivity contribution in [3.05, 3.63) is 37.5 Å². The van der Waals surface area contributed by atoms with E-state index in [-0.39, 0.29) is 11.5 Å². The quantitative estimate of drug-likeness (QED) is 0.463. The van der Waals surface area contributed by atoms with Gasteiger partial charge in [0.2, 0.25) is 0 Å². The summed E-state index contributed by atoms with van der Waals surface area (Å²) >= 11 is 0. The smallest absolute Gasteiger partial charge is 0.330 e. The highest BCUT2D eigenvalue weighted by atomic mass is 16.5. The first-order valence-electron chi connectivity index (χ1n) is 4.55. The molecule has 0 fully saturated rings. The third-order valence-corrected chi connectivity index (χ3v) is 0.910. The van der Waals surface area contributed by atoms with Crippen LogP contribution in [0, 0.1) is 11.3 Å². The highest BCUT2D eigenvalue weighted by molar-refractivity contribution is 5.84. The van der Waals surface area contributed by atoms with Crippen molar-refractivity contribution >= 4 is 11.9 Å². The summed E-state index contributed by atoms with van der Waals surface area (Å²) in [6, 6.07) is 1.69. The zero-order chi connectivity index (χ0) is 14.3. The van der Waals surface area contributed by atoms with Crippen LogP contribution in [0.2, 0.25) is 0 Å². The van der Waals surface area contributed by atoms with Crippen molar-refractivity contribution in [3.8, 4) is 6.07 Å². The van der Waals surface area contributed by atoms with Crippen LogP contribution >= 0.6 is 0 Å². The SMILES string of the molecule is C=C(C)C(=O)O.C=CC#N.C=CC(=O)OCC. The number of carboxylic acid groups (broad SMARTS) is 1. The summed E-state index contributed by atoms with van der Waals surface area (Å²) in [7, 11) is 0. The second kappa shape index (κ2) is 16.1. The summed E-state index contributed by atoms with van der Waals surface area (Å²) in [5, 5.41) is 15.4. The number of nitriles is 1. The molecule has 0 spiro atoms. The average molecular weight is 239 g/mol. The first-order chi connectivity index (χ1) is 7.87. The molecule has 0 bridgehead atoms. The van der Waals surface area contributed by atoms with E-state index < -0.39 is 5.97 Å². The zero-order valence-electron chi connectivity index (χ0n) is 10.1. The molecular weight excluding hydrogens is 222 g/mol. The number of ether oxygens (including phenoxy) is 1. The highest BCUT2D eigenvalue weighted by Crippen LogP contribution is 1.81. The van der Waals surface area contributed by atoms with Crippen molar-refractivity contribution in [1.29, 1.82) is 5.26 Å². The normalized spacial score (nSPS) is 6.65. The highest BCUT2D eigenvalue weighted by Gasteiger charge is 1.90. The molecule has 0 aliphatic heterocycles. The summed E-state index contributed by atoms with van der Waals surface area (Å²) in [6.45, 7) is 13.1. The lowest BCUT2D eigenvalue weighted by Gasteiger charge is -1.90. The van der Waals surface area contributed by atoms with Crippen molar-refractivity contribution in [3.63, 3.8) is 0 Å². The molecule has 0 saturated heterocycles. The topological polar surface area (TPSA) is 87.4 Å². The maximum atomic E-state index is 10.1. The van der Waals surface area contributed by atoms with Crippen LogP contribution in [0.1, 0.15) is 13.8 Å². The lowest BCUT2D eigenvalue weighted by atomic mass is 10.4. The Morgan fingerprint density at radius 2 is 1.82 bits per heavy atom. The van der Waals surface area contributed by atoms with E-state index in [0.29, 0.717) is 6.61 Å². The fraction of sp³-hybridized carbons (Fsp3) is 0.250. The molecule has 5 nitrogen and oxygen atoms in total. The van der Waals surface area contributed by atoms with Crippen molar-refractivity contribution in [1.82, 2.24) is 0 Å². The van der Waals surface area contributed by atoms with E-state index in [4.69, 9.17) is 10.4 Å². The Bertz CT molecular complexity index is 301. The summed E-state index contributed by atoms with van der Waals surface area (Å²) in [6.07, 6.45) is 2.32. The minimum Gasteiger partial charge on any atom is -0.478 e. The summed E-state index contributed by atoms with van der Waals surface area (Å²) in [5.74, 6) is -1.29. The summed E-state index contributed by atoms with van der Waals surface area (Å²) in [4.78, 5) is 19.7. The number of aliphatic carboxylic acids is 1. The Hall–Kier alpha value is -2.35. The van der Waals surface area contributed by atoms with Gasteiger partial charge in [-0.25, -0.2) is 9.59 Å². The van der Waals surface area contributed by atoms with Gasteiger partial charge < -0.3 is 9.84 Å². The Morgan fingerprint density at radius 3 is 1.88 bits per heavy atom. The van der Waals surface area contributed by atoms with Gasteiger partial charge in [-0.1, -0.05) is 19.7 Å². The van der Waals surface area contributed by atoms with Crippen molar-refractivity contribution in [2.75, 3.05) is 6.61 Å². The van der Waals surface area contributed by atoms with Gasteiger partial charge in [-0.05, 0) is 13.8 Å². The molecule has 0 aliphatic rings. The largest absolute Gasteiger partial charge is 0.478 e. The standard InChI is InChI=1S/C5H8O2.C4H6O2.C3H3N/c1-3-5(6)7-4-2;1-3(2)4(5)6;1-2-3-4/h3H,1,4H2,2H3;1H2,2H3,(H,5,6);2H,1H2. The van der Waals surface area contributed by atoms with Crippen molar-refractivity contribution < 1.29 is 19.4 Å². The molecule has 1 N–H and O–H groups in total. The molecule has 0 amide bonds. The van der Waals surface area contributed by atoms with Crippen LogP contribution in [0.5, 0.6) is 0 Å². The van der Waals surface area contributed by atoms with Gasteiger partial charge >= 0.3 is 11.9 Å². The molecule has 0 atom stereocenters. The fourth-order valence-corrected chi connectivity index (χ4v) is 0.201. The van der Waals surface area contributed by atoms with E-state index in [2.05, 4.69) is 24.5 Å². The third kappa shape index (κ3) is 31.7. The third-order valence-electron chi connectivity index (χ3n) is 0.910. The predicted molar refractivity (Wildman–Crippen MR) is 65.1 cm³/mol. The van der Waals surface area contributed by atoms with E-state index in [1.165, 1.54) is 13.0 Å². The van der Waals surface area contributed by atoms with Gasteiger partial charge in [-0.15, -0.1) is 0 Å². The predicted octanol–water partition coefficient (Wildman–Crippen LogP) is 2.08. The minimum atomic E-state index is -0.935. The van der Waals surface area contributed by atoms with Gasteiger partial charge in [0.25, 0.3) is 0 Å². The van der Waals surface area contributed by atoms with Crippen molar-refractivity contribution in [2.24, 2.45) is 0 Å². The van der Waals surface area contributed by atoms with Gasteiger partial charge in [0.1, 0.15) is 0 Å². The van der Waals surface area contributed by atoms with Crippen LogP contribution in [0.3, 0.4) is 0 Å². The summed E-state index contributed by atoms with van der Waals surface area (Å²) in [5.41, 5.74) is 0.176. The molecular formula is C12H17NO4. The second-order valence-corrected chi connectivity index (χ2v) is 2.37. The molecule has 0 aliphatic carbocycles. The zero-order valence-corrected chi connectivity index (χ0v) is 10.1. The average Bonchev–Trinajstić information content (AvgIpc) is 2.30. The van der Waals surface area contributed by atoms with Gasteiger partial charge in [-0.2, -0.15) is 5.26 Å². The molecule has 0 heterocycles. The molecule has 0 aromatic carbocycles. The van der Waals surface area contributed by atoms with Gasteiger partial charge in [0.15, 0.2) is 0 Å². The fourth-order valence-electron chi connectivity index (χ4n) is 0.201. The number of carbonyl (C=O) groups is 2. The number of hydrogen-bond acceptors (Lipinski definition) is 4. The van der Waals surface area contributed by atoms with E-state index >= 15 is 0 Å². The second-order valence-electron chi connectivity index (χ2n) is 2.37. The van der Waals surface area contributed by atoms with E-state index in [0.717, 1.165) is 6.08 Å². The van der Waals surface area contributed by atoms with Gasteiger partial charge in [-0.3, -0.25) is 0 Å². The van der Waals surface area contributed by atoms with Gasteiger partial charge in [0.05, 0.1) is 12.7 Å². The van der Waals surface area contributed by atoms with Crippen LogP contribution in [-0.2, 0) is 14.3 Å². The van der Waals surface area contributed by atoms with Crippen LogP contribution in [0.25, 0.3) is 0 Å². The van der Waals surface area contributed by atoms with Crippen LogP contribution in [0.15, 0.2) is 37.5 Å². The lowest BCUT2D eigenvalue weighted by molar-refractivity contribution is -0.137. The van der Waals surface area contributed by atoms with Crippen LogP contribution in [-0.4, -0.2) is 23.7 Å². The number of hydrogen-bond donors (Lipinski definition) is 1. The van der Waals surface area contributed by atoms with Crippen LogP contribution in [0.4, 0.5) is 0 Å².